The maximum absolute atomic E-state index is 12.9. The molecule has 0 aliphatic carbocycles. The van der Waals surface area contributed by atoms with E-state index in [9.17, 15) is 23.2 Å². The first-order valence-corrected chi connectivity index (χ1v) is 16.6. The van der Waals surface area contributed by atoms with Gasteiger partial charge in [-0.3, -0.25) is 14.7 Å². The molecule has 2 aliphatic heterocycles. The van der Waals surface area contributed by atoms with Crippen molar-refractivity contribution in [1.29, 1.82) is 5.26 Å². The molecule has 48 heavy (non-hydrogen) atoms. The lowest BCUT2D eigenvalue weighted by Gasteiger charge is -2.33. The van der Waals surface area contributed by atoms with Gasteiger partial charge in [-0.2, -0.15) is 18.4 Å². The van der Waals surface area contributed by atoms with Gasteiger partial charge < -0.3 is 14.9 Å². The highest BCUT2D eigenvalue weighted by Gasteiger charge is 2.29. The summed E-state index contributed by atoms with van der Waals surface area (Å²) in [6, 6.07) is 13.7. The molecule has 1 saturated heterocycles. The Labute approximate surface area is 278 Å². The molecule has 2 aliphatic rings. The molecule has 0 unspecified atom stereocenters. The summed E-state index contributed by atoms with van der Waals surface area (Å²) in [5.74, 6) is 0.589. The Morgan fingerprint density at radius 1 is 1.10 bits per heavy atom. The van der Waals surface area contributed by atoms with Gasteiger partial charge in [-0.25, -0.2) is 9.97 Å². The van der Waals surface area contributed by atoms with E-state index >= 15 is 0 Å². The predicted octanol–water partition coefficient (Wildman–Crippen LogP) is 6.32. The van der Waals surface area contributed by atoms with E-state index in [4.69, 9.17) is 4.99 Å². The van der Waals surface area contributed by atoms with E-state index in [1.807, 2.05) is 16.7 Å². The van der Waals surface area contributed by atoms with Crippen LogP contribution in [0.25, 0.3) is 21.1 Å². The number of likely N-dealkylation sites (tertiary alicyclic amines) is 1. The van der Waals surface area contributed by atoms with Crippen LogP contribution in [0.1, 0.15) is 40.1 Å². The Hall–Kier alpha value is -4.80. The summed E-state index contributed by atoms with van der Waals surface area (Å²) in [4.78, 5) is 30.6. The van der Waals surface area contributed by atoms with Gasteiger partial charge in [0.25, 0.3) is 0 Å². The van der Waals surface area contributed by atoms with E-state index in [1.54, 1.807) is 12.3 Å². The third-order valence-electron chi connectivity index (χ3n) is 9.11. The van der Waals surface area contributed by atoms with Crippen LogP contribution in [-0.4, -0.2) is 62.0 Å². The monoisotopic (exact) mass is 670 g/mol. The Morgan fingerprint density at radius 3 is 2.69 bits per heavy atom. The van der Waals surface area contributed by atoms with Crippen LogP contribution >= 0.6 is 11.3 Å². The molecule has 7 rings (SSSR count). The van der Waals surface area contributed by atoms with Crippen LogP contribution in [-0.2, 0) is 25.9 Å². The third kappa shape index (κ3) is 6.90. The predicted molar refractivity (Wildman–Crippen MR) is 182 cm³/mol. The minimum atomic E-state index is -4.26. The molecule has 0 saturated carbocycles. The highest BCUT2D eigenvalue weighted by atomic mass is 32.1. The number of piperidine rings is 1. The summed E-state index contributed by atoms with van der Waals surface area (Å²) in [6.07, 6.45) is 2.47. The fourth-order valence-electron chi connectivity index (χ4n) is 6.64. The van der Waals surface area contributed by atoms with Crippen molar-refractivity contribution in [3.05, 3.63) is 98.2 Å². The molecule has 1 aromatic carbocycles. The standard InChI is InChI=1S/C35H33F3N8OS/c1-21-24(18-45-8-6-25(7-9-45)44-33-30-13-28(14-35(36,37)38)48-34(30)43-20-42-33)3-4-31-29(21)12-27(15-39)46(31)19-26-11-23(17-40-26)10-22-2-5-32(47)41-16-22/h2-5,11-13,16,20,25H,6-10,14,17-19H2,1H3,(H,41,47)(H,42,43,44). The zero-order valence-electron chi connectivity index (χ0n) is 26.3. The van der Waals surface area contributed by atoms with Crippen LogP contribution in [0.4, 0.5) is 19.0 Å². The Bertz CT molecular complexity index is 2140. The molecule has 13 heteroatoms. The van der Waals surface area contributed by atoms with Crippen molar-refractivity contribution in [1.82, 2.24) is 24.4 Å². The average Bonchev–Trinajstić information content (AvgIpc) is 3.77. The van der Waals surface area contributed by atoms with Gasteiger partial charge in [-0.1, -0.05) is 12.1 Å². The first-order chi connectivity index (χ1) is 23.1. The lowest BCUT2D eigenvalue weighted by Crippen LogP contribution is -2.39. The first-order valence-electron chi connectivity index (χ1n) is 15.8. The summed E-state index contributed by atoms with van der Waals surface area (Å²) in [5.41, 5.74) is 6.95. The molecule has 0 bridgehead atoms. The first kappa shape index (κ1) is 31.8. The minimum Gasteiger partial charge on any atom is -0.367 e. The highest BCUT2D eigenvalue weighted by molar-refractivity contribution is 7.18. The number of H-pyrrole nitrogens is 1. The average molecular weight is 671 g/mol. The fraction of sp³-hybridized carbons (Fsp3) is 0.343. The Balaban J connectivity index is 0.994. The number of pyridine rings is 1. The van der Waals surface area contributed by atoms with Crippen molar-refractivity contribution < 1.29 is 13.2 Å². The second-order valence-corrected chi connectivity index (χ2v) is 13.6. The summed E-state index contributed by atoms with van der Waals surface area (Å²) >= 11 is 1.06. The largest absolute Gasteiger partial charge is 0.393 e. The second-order valence-electron chi connectivity index (χ2n) is 12.5. The number of allylic oxidation sites excluding steroid dienone is 1. The minimum absolute atomic E-state index is 0.122. The number of fused-ring (bicyclic) bond motifs is 2. The number of aromatic amines is 1. The number of aromatic nitrogens is 4. The third-order valence-corrected chi connectivity index (χ3v) is 10.2. The van der Waals surface area contributed by atoms with E-state index in [0.29, 0.717) is 41.2 Å². The second kappa shape index (κ2) is 13.0. The molecule has 9 nitrogen and oxygen atoms in total. The SMILES string of the molecule is Cc1c(CN2CCC(Nc3ncnc4sc(CC(F)(F)F)cc34)CC2)ccc2c1cc(C#N)n2CC1=NCC(Cc2ccc(=O)[nH]c2)=C1. The van der Waals surface area contributed by atoms with Crippen molar-refractivity contribution in [2.45, 2.75) is 57.9 Å². The number of aryl methyl sites for hydroxylation is 1. The van der Waals surface area contributed by atoms with Gasteiger partial charge in [-0.05, 0) is 72.7 Å². The van der Waals surface area contributed by atoms with Gasteiger partial charge in [0.05, 0.1) is 30.6 Å². The van der Waals surface area contributed by atoms with E-state index < -0.39 is 12.6 Å². The van der Waals surface area contributed by atoms with Crippen molar-refractivity contribution in [2.75, 3.05) is 25.0 Å². The van der Waals surface area contributed by atoms with Crippen LogP contribution in [0, 0.1) is 18.3 Å². The number of nitrogens with zero attached hydrogens (tertiary/aromatic N) is 6. The van der Waals surface area contributed by atoms with Gasteiger partial charge in [0.15, 0.2) is 0 Å². The summed E-state index contributed by atoms with van der Waals surface area (Å²) in [5, 5.41) is 15.2. The lowest BCUT2D eigenvalue weighted by atomic mass is 10.0. The smallest absolute Gasteiger partial charge is 0.367 e. The lowest BCUT2D eigenvalue weighted by molar-refractivity contribution is -0.126. The van der Waals surface area contributed by atoms with Gasteiger partial charge in [-0.15, -0.1) is 11.3 Å². The van der Waals surface area contributed by atoms with E-state index in [0.717, 1.165) is 77.1 Å². The molecular formula is C35H33F3N8OS. The highest BCUT2D eigenvalue weighted by Crippen LogP contribution is 2.33. The van der Waals surface area contributed by atoms with Gasteiger partial charge in [0.1, 0.15) is 28.7 Å². The maximum atomic E-state index is 12.9. The van der Waals surface area contributed by atoms with Crippen LogP contribution in [0.3, 0.4) is 0 Å². The quantitative estimate of drug-likeness (QED) is 0.190. The normalized spacial score (nSPS) is 16.0. The van der Waals surface area contributed by atoms with E-state index in [-0.39, 0.29) is 16.5 Å². The van der Waals surface area contributed by atoms with Gasteiger partial charge in [0.2, 0.25) is 5.56 Å². The van der Waals surface area contributed by atoms with Crippen LogP contribution in [0.2, 0.25) is 0 Å². The molecule has 246 valence electrons. The molecule has 5 aromatic rings. The number of alkyl halides is 3. The van der Waals surface area contributed by atoms with Crippen LogP contribution < -0.4 is 10.9 Å². The van der Waals surface area contributed by atoms with Crippen molar-refractivity contribution in [3.8, 4) is 6.07 Å². The van der Waals surface area contributed by atoms with Crippen LogP contribution in [0.5, 0.6) is 0 Å². The molecule has 6 heterocycles. The summed E-state index contributed by atoms with van der Waals surface area (Å²) < 4.78 is 40.9. The zero-order valence-corrected chi connectivity index (χ0v) is 27.1. The molecule has 0 spiro atoms. The number of nitriles is 1. The number of aliphatic imine (C=N–C) groups is 1. The number of hydrogen-bond acceptors (Lipinski definition) is 8. The summed E-state index contributed by atoms with van der Waals surface area (Å²) in [7, 11) is 0. The van der Waals surface area contributed by atoms with Crippen molar-refractivity contribution in [2.24, 2.45) is 4.99 Å². The molecule has 0 radical (unpaired) electrons. The molecular weight excluding hydrogens is 638 g/mol. The van der Waals surface area contributed by atoms with Gasteiger partial charge >= 0.3 is 6.18 Å². The zero-order chi connectivity index (χ0) is 33.4. The number of benzene rings is 1. The summed E-state index contributed by atoms with van der Waals surface area (Å²) in [6.45, 7) is 5.74. The number of nitrogens with one attached hydrogen (secondary N) is 2. The fourth-order valence-corrected chi connectivity index (χ4v) is 7.67. The number of rotatable bonds is 9. The van der Waals surface area contributed by atoms with E-state index in [1.165, 1.54) is 18.0 Å². The van der Waals surface area contributed by atoms with Crippen molar-refractivity contribution in [3.63, 3.8) is 0 Å². The molecule has 4 aromatic heterocycles. The maximum Gasteiger partial charge on any atom is 0.393 e. The molecule has 2 N–H and O–H groups in total. The number of hydrogen-bond donors (Lipinski definition) is 2. The van der Waals surface area contributed by atoms with E-state index in [2.05, 4.69) is 56.4 Å². The number of thiophene rings is 1. The van der Waals surface area contributed by atoms with Gasteiger partial charge in [0, 0.05) is 53.7 Å². The topological polar surface area (TPSA) is 115 Å². The molecule has 1 fully saturated rings. The molecule has 0 atom stereocenters. The van der Waals surface area contributed by atoms with Crippen molar-refractivity contribution >= 4 is 44.0 Å². The van der Waals surface area contributed by atoms with Crippen LogP contribution in [0.15, 0.2) is 70.4 Å². The Morgan fingerprint density at radius 2 is 1.94 bits per heavy atom. The number of anilines is 1. The number of halogens is 3. The molecule has 0 amide bonds. The Kier molecular flexibility index (Phi) is 8.61.